The molecule has 0 aromatic carbocycles. The predicted molar refractivity (Wildman–Crippen MR) is 81.9 cm³/mol. The quantitative estimate of drug-likeness (QED) is 0.887. The van der Waals surface area contributed by atoms with Crippen LogP contribution in [0.25, 0.3) is 0 Å². The van der Waals surface area contributed by atoms with Crippen LogP contribution >= 0.6 is 38.9 Å². The minimum absolute atomic E-state index is 0.496. The molecule has 4 nitrogen and oxygen atoms in total. The average molecular weight is 365 g/mol. The standard InChI is InChI=1S/C12H15BrClN3OS/c1-16(2)5-6-17-11(8(14)7-15-17)12(18)9-3-4-10(13)19-9/h3-4,7,12,18H,5-6H2,1-2H3. The summed E-state index contributed by atoms with van der Waals surface area (Å²) in [5.41, 5.74) is 0.651. The van der Waals surface area contributed by atoms with Crippen molar-refractivity contribution in [2.45, 2.75) is 12.6 Å². The summed E-state index contributed by atoms with van der Waals surface area (Å²) in [6, 6.07) is 3.80. The summed E-state index contributed by atoms with van der Waals surface area (Å²) in [5.74, 6) is 0. The van der Waals surface area contributed by atoms with E-state index in [9.17, 15) is 5.11 Å². The van der Waals surface area contributed by atoms with Crippen molar-refractivity contribution in [1.82, 2.24) is 14.7 Å². The van der Waals surface area contributed by atoms with Crippen LogP contribution in [0.3, 0.4) is 0 Å². The molecule has 7 heteroatoms. The lowest BCUT2D eigenvalue weighted by Gasteiger charge is -2.15. The third-order valence-corrected chi connectivity index (χ3v) is 4.68. The van der Waals surface area contributed by atoms with Gasteiger partial charge in [0.25, 0.3) is 0 Å². The monoisotopic (exact) mass is 363 g/mol. The first-order valence-electron chi connectivity index (χ1n) is 5.78. The number of hydrogen-bond donors (Lipinski definition) is 1. The third kappa shape index (κ3) is 3.58. The molecule has 0 amide bonds. The van der Waals surface area contributed by atoms with Gasteiger partial charge in [0.2, 0.25) is 0 Å². The molecule has 0 saturated heterocycles. The van der Waals surface area contributed by atoms with E-state index >= 15 is 0 Å². The second-order valence-corrected chi connectivity index (χ2v) is 7.35. The Morgan fingerprint density at radius 1 is 1.53 bits per heavy atom. The molecule has 1 N–H and O–H groups in total. The van der Waals surface area contributed by atoms with E-state index in [0.717, 1.165) is 15.2 Å². The molecule has 0 aliphatic carbocycles. The van der Waals surface area contributed by atoms with Crippen LogP contribution in [-0.4, -0.2) is 40.4 Å². The summed E-state index contributed by atoms with van der Waals surface area (Å²) >= 11 is 11.0. The molecule has 1 unspecified atom stereocenters. The number of nitrogens with zero attached hydrogens (tertiary/aromatic N) is 3. The largest absolute Gasteiger partial charge is 0.381 e. The van der Waals surface area contributed by atoms with Gasteiger partial charge in [-0.1, -0.05) is 11.6 Å². The van der Waals surface area contributed by atoms with Gasteiger partial charge in [-0.2, -0.15) is 5.10 Å². The molecule has 2 rings (SSSR count). The summed E-state index contributed by atoms with van der Waals surface area (Å²) in [4.78, 5) is 2.91. The number of rotatable bonds is 5. The molecule has 1 atom stereocenters. The highest BCUT2D eigenvalue weighted by molar-refractivity contribution is 9.11. The van der Waals surface area contributed by atoms with Crippen molar-refractivity contribution in [2.75, 3.05) is 20.6 Å². The van der Waals surface area contributed by atoms with E-state index in [4.69, 9.17) is 11.6 Å². The van der Waals surface area contributed by atoms with Crippen LogP contribution in [0.1, 0.15) is 16.7 Å². The molecular formula is C12H15BrClN3OS. The Bertz CT molecular complexity index is 555. The molecule has 19 heavy (non-hydrogen) atoms. The Morgan fingerprint density at radius 2 is 2.26 bits per heavy atom. The van der Waals surface area contributed by atoms with Crippen LogP contribution in [0.15, 0.2) is 22.1 Å². The first kappa shape index (κ1) is 15.0. The number of aliphatic hydroxyl groups excluding tert-OH is 1. The molecule has 2 heterocycles. The van der Waals surface area contributed by atoms with Gasteiger partial charge in [0.05, 0.1) is 27.2 Å². The first-order valence-corrected chi connectivity index (χ1v) is 7.77. The second kappa shape index (κ2) is 6.37. The Morgan fingerprint density at radius 3 is 2.84 bits per heavy atom. The van der Waals surface area contributed by atoms with E-state index in [1.807, 2.05) is 26.2 Å². The third-order valence-electron chi connectivity index (χ3n) is 2.71. The Labute approximate surface area is 129 Å². The van der Waals surface area contributed by atoms with Crippen molar-refractivity contribution in [3.63, 3.8) is 0 Å². The summed E-state index contributed by atoms with van der Waals surface area (Å²) < 4.78 is 2.75. The SMILES string of the molecule is CN(C)CCn1ncc(Cl)c1C(O)c1ccc(Br)s1. The summed E-state index contributed by atoms with van der Waals surface area (Å²) in [5, 5.41) is 15.2. The van der Waals surface area contributed by atoms with Crippen LogP contribution in [0, 0.1) is 0 Å². The van der Waals surface area contributed by atoms with E-state index in [2.05, 4.69) is 25.9 Å². The summed E-state index contributed by atoms with van der Waals surface area (Å²) in [6.45, 7) is 1.53. The highest BCUT2D eigenvalue weighted by Gasteiger charge is 2.21. The Kier molecular flexibility index (Phi) is 5.03. The first-order chi connectivity index (χ1) is 8.99. The lowest BCUT2D eigenvalue weighted by molar-refractivity contribution is 0.209. The van der Waals surface area contributed by atoms with Gasteiger partial charge >= 0.3 is 0 Å². The molecule has 0 fully saturated rings. The molecule has 0 spiro atoms. The molecule has 104 valence electrons. The van der Waals surface area contributed by atoms with Crippen molar-refractivity contribution in [3.8, 4) is 0 Å². The number of aliphatic hydroxyl groups is 1. The van der Waals surface area contributed by atoms with Crippen molar-refractivity contribution in [1.29, 1.82) is 0 Å². The fourth-order valence-corrected chi connectivity index (χ4v) is 3.38. The van der Waals surface area contributed by atoms with E-state index in [0.29, 0.717) is 17.3 Å². The van der Waals surface area contributed by atoms with Crippen LogP contribution in [-0.2, 0) is 6.54 Å². The minimum atomic E-state index is -0.742. The van der Waals surface area contributed by atoms with Crippen LogP contribution in [0.4, 0.5) is 0 Å². The lowest BCUT2D eigenvalue weighted by Crippen LogP contribution is -2.21. The van der Waals surface area contributed by atoms with Crippen molar-refractivity contribution < 1.29 is 5.11 Å². The Hall–Kier alpha value is -0.400. The maximum absolute atomic E-state index is 10.5. The van der Waals surface area contributed by atoms with Crippen LogP contribution in [0.2, 0.25) is 5.02 Å². The molecule has 0 saturated carbocycles. The van der Waals surface area contributed by atoms with Gasteiger partial charge in [0, 0.05) is 11.4 Å². The lowest BCUT2D eigenvalue weighted by atomic mass is 10.2. The van der Waals surface area contributed by atoms with E-state index in [-0.39, 0.29) is 0 Å². The molecule has 2 aromatic rings. The minimum Gasteiger partial charge on any atom is -0.381 e. The van der Waals surface area contributed by atoms with Gasteiger partial charge < -0.3 is 10.0 Å². The maximum atomic E-state index is 10.5. The predicted octanol–water partition coefficient (Wildman–Crippen LogP) is 3.00. The van der Waals surface area contributed by atoms with E-state index in [1.165, 1.54) is 11.3 Å². The highest BCUT2D eigenvalue weighted by atomic mass is 79.9. The van der Waals surface area contributed by atoms with Crippen molar-refractivity contribution in [2.24, 2.45) is 0 Å². The van der Waals surface area contributed by atoms with Gasteiger partial charge in [-0.05, 0) is 42.2 Å². The molecule has 2 aromatic heterocycles. The van der Waals surface area contributed by atoms with Gasteiger partial charge in [-0.3, -0.25) is 4.68 Å². The zero-order valence-electron chi connectivity index (χ0n) is 10.7. The molecular weight excluding hydrogens is 350 g/mol. The van der Waals surface area contributed by atoms with Gasteiger partial charge in [-0.25, -0.2) is 0 Å². The second-order valence-electron chi connectivity index (χ2n) is 4.45. The molecule has 0 aliphatic rings. The number of halogens is 2. The smallest absolute Gasteiger partial charge is 0.131 e. The van der Waals surface area contributed by atoms with Crippen molar-refractivity contribution >= 4 is 38.9 Å². The molecule has 0 radical (unpaired) electrons. The van der Waals surface area contributed by atoms with Crippen LogP contribution in [0.5, 0.6) is 0 Å². The fourth-order valence-electron chi connectivity index (χ4n) is 1.73. The number of aromatic nitrogens is 2. The normalized spacial score (nSPS) is 13.2. The van der Waals surface area contributed by atoms with Crippen molar-refractivity contribution in [3.05, 3.63) is 37.7 Å². The Balaban J connectivity index is 2.25. The zero-order valence-corrected chi connectivity index (χ0v) is 13.8. The van der Waals surface area contributed by atoms with E-state index < -0.39 is 6.10 Å². The topological polar surface area (TPSA) is 41.3 Å². The fraction of sp³-hybridized carbons (Fsp3) is 0.417. The van der Waals surface area contributed by atoms with Gasteiger partial charge in [0.15, 0.2) is 0 Å². The average Bonchev–Trinajstić information content (AvgIpc) is 2.92. The van der Waals surface area contributed by atoms with Crippen LogP contribution < -0.4 is 0 Å². The number of hydrogen-bond acceptors (Lipinski definition) is 4. The number of thiophene rings is 1. The van der Waals surface area contributed by atoms with Gasteiger partial charge in [-0.15, -0.1) is 11.3 Å². The molecule has 0 bridgehead atoms. The summed E-state index contributed by atoms with van der Waals surface area (Å²) in [7, 11) is 4.00. The summed E-state index contributed by atoms with van der Waals surface area (Å²) in [6.07, 6.45) is 0.840. The van der Waals surface area contributed by atoms with Gasteiger partial charge in [0.1, 0.15) is 6.10 Å². The zero-order chi connectivity index (χ0) is 14.0. The maximum Gasteiger partial charge on any atom is 0.131 e. The molecule has 0 aliphatic heterocycles. The number of likely N-dealkylation sites (N-methyl/N-ethyl adjacent to an activating group) is 1. The van der Waals surface area contributed by atoms with E-state index in [1.54, 1.807) is 10.9 Å². The highest BCUT2D eigenvalue weighted by Crippen LogP contribution is 2.34.